The van der Waals surface area contributed by atoms with E-state index >= 15 is 0 Å². The fraction of sp³-hybridized carbons (Fsp3) is 0.700. The maximum absolute atomic E-state index is 10.9. The molecule has 0 spiro atoms. The first-order valence-corrected chi connectivity index (χ1v) is 12.6. The van der Waals surface area contributed by atoms with Gasteiger partial charge in [-0.15, -0.1) is 0 Å². The van der Waals surface area contributed by atoms with Gasteiger partial charge in [0.2, 0.25) is 0 Å². The van der Waals surface area contributed by atoms with E-state index in [1.54, 1.807) is 20.8 Å². The van der Waals surface area contributed by atoms with E-state index in [1.165, 1.54) is 0 Å². The SMILES string of the molecule is C[C](C)(C)[Sn]([CH2]C(=O)O)([CH2]C(=O)O)[CH2]C(=O)O. The first-order valence-electron chi connectivity index (χ1n) is 5.15. The van der Waals surface area contributed by atoms with Gasteiger partial charge >= 0.3 is 104 Å². The summed E-state index contributed by atoms with van der Waals surface area (Å²) in [6.45, 7) is 5.24. The van der Waals surface area contributed by atoms with E-state index < -0.39 is 39.7 Å². The van der Waals surface area contributed by atoms with Crippen molar-refractivity contribution >= 4 is 36.3 Å². The van der Waals surface area contributed by atoms with Crippen molar-refractivity contribution in [1.82, 2.24) is 0 Å². The van der Waals surface area contributed by atoms with Crippen LogP contribution in [0.4, 0.5) is 0 Å². The Morgan fingerprint density at radius 2 is 1.06 bits per heavy atom. The van der Waals surface area contributed by atoms with Gasteiger partial charge in [-0.05, 0) is 0 Å². The quantitative estimate of drug-likeness (QED) is 0.624. The normalized spacial score (nSPS) is 12.2. The number of rotatable bonds is 6. The summed E-state index contributed by atoms with van der Waals surface area (Å²) in [5.74, 6) is -3.30. The zero-order valence-electron chi connectivity index (χ0n) is 10.2. The van der Waals surface area contributed by atoms with E-state index in [0.29, 0.717) is 0 Å². The van der Waals surface area contributed by atoms with Crippen LogP contribution in [0.1, 0.15) is 20.8 Å². The second-order valence-electron chi connectivity index (χ2n) is 5.24. The van der Waals surface area contributed by atoms with Crippen molar-refractivity contribution in [2.24, 2.45) is 0 Å². The van der Waals surface area contributed by atoms with Gasteiger partial charge in [0.05, 0.1) is 0 Å². The fourth-order valence-electron chi connectivity index (χ4n) is 1.85. The first kappa shape index (κ1) is 16.2. The standard InChI is InChI=1S/C4H9.3C2H3O2.Sn/c1-4(2)3;3*1-2(3)4;/h1-3H3;3*1H2,(H,3,4);. The number of aliphatic carboxylic acids is 3. The molecule has 0 bridgehead atoms. The summed E-state index contributed by atoms with van der Waals surface area (Å²) in [6.07, 6.45) is 0. The van der Waals surface area contributed by atoms with Crippen LogP contribution in [0, 0.1) is 0 Å². The summed E-state index contributed by atoms with van der Waals surface area (Å²) in [7, 11) is 0. The Bertz CT molecular complexity index is 289. The van der Waals surface area contributed by atoms with Crippen molar-refractivity contribution in [1.29, 1.82) is 0 Å². The molecular weight excluding hydrogens is 335 g/mol. The van der Waals surface area contributed by atoms with Crippen molar-refractivity contribution in [2.75, 3.05) is 0 Å². The molecule has 98 valence electrons. The van der Waals surface area contributed by atoms with Crippen molar-refractivity contribution in [3.05, 3.63) is 0 Å². The third-order valence-corrected chi connectivity index (χ3v) is 20.5. The third-order valence-electron chi connectivity index (χ3n) is 3.06. The van der Waals surface area contributed by atoms with E-state index in [9.17, 15) is 14.4 Å². The molecule has 0 rings (SSSR count). The van der Waals surface area contributed by atoms with Crippen LogP contribution in [0.3, 0.4) is 0 Å². The number of hydrogen-bond donors (Lipinski definition) is 3. The van der Waals surface area contributed by atoms with Crippen LogP contribution in [-0.4, -0.2) is 51.6 Å². The predicted molar refractivity (Wildman–Crippen MR) is 62.8 cm³/mol. The zero-order valence-corrected chi connectivity index (χ0v) is 13.0. The molecule has 0 aromatic carbocycles. The van der Waals surface area contributed by atoms with Gasteiger partial charge in [-0.1, -0.05) is 0 Å². The summed E-state index contributed by atoms with van der Waals surface area (Å²) >= 11 is -3.85. The van der Waals surface area contributed by atoms with Crippen LogP contribution < -0.4 is 0 Å². The molecule has 0 aliphatic carbocycles. The van der Waals surface area contributed by atoms with Gasteiger partial charge in [-0.3, -0.25) is 0 Å². The van der Waals surface area contributed by atoms with Crippen LogP contribution in [-0.2, 0) is 14.4 Å². The molecule has 0 aliphatic rings. The molecule has 3 N–H and O–H groups in total. The monoisotopic (exact) mass is 354 g/mol. The van der Waals surface area contributed by atoms with E-state index in [-0.39, 0.29) is 13.3 Å². The molecule has 0 radical (unpaired) electrons. The molecule has 6 nitrogen and oxygen atoms in total. The van der Waals surface area contributed by atoms with Crippen LogP contribution in [0.2, 0.25) is 16.7 Å². The van der Waals surface area contributed by atoms with E-state index in [0.717, 1.165) is 0 Å². The third kappa shape index (κ3) is 4.93. The Kier molecular flexibility index (Phi) is 5.43. The van der Waals surface area contributed by atoms with Gasteiger partial charge in [0.1, 0.15) is 0 Å². The van der Waals surface area contributed by atoms with Crippen LogP contribution in [0.5, 0.6) is 0 Å². The van der Waals surface area contributed by atoms with Crippen molar-refractivity contribution in [3.8, 4) is 0 Å². The van der Waals surface area contributed by atoms with Gasteiger partial charge < -0.3 is 0 Å². The Labute approximate surface area is 104 Å². The molecular formula is C10H18O6Sn. The maximum atomic E-state index is 10.9. The molecule has 0 saturated carbocycles. The molecule has 0 atom stereocenters. The second-order valence-corrected chi connectivity index (χ2v) is 19.9. The van der Waals surface area contributed by atoms with Crippen molar-refractivity contribution < 1.29 is 29.7 Å². The molecule has 0 unspecified atom stereocenters. The second kappa shape index (κ2) is 5.70. The molecule has 17 heavy (non-hydrogen) atoms. The minimum atomic E-state index is -3.85. The predicted octanol–water partition coefficient (Wildman–Crippen LogP) is 1.49. The molecule has 0 amide bonds. The average Bonchev–Trinajstić information content (AvgIpc) is 1.96. The molecule has 7 heteroatoms. The van der Waals surface area contributed by atoms with Gasteiger partial charge in [-0.2, -0.15) is 0 Å². The van der Waals surface area contributed by atoms with E-state index in [2.05, 4.69) is 0 Å². The molecule has 0 aliphatic heterocycles. The van der Waals surface area contributed by atoms with Crippen molar-refractivity contribution in [2.45, 2.75) is 37.5 Å². The van der Waals surface area contributed by atoms with Gasteiger partial charge in [0.25, 0.3) is 0 Å². The molecule has 0 saturated heterocycles. The number of carboxylic acid groups (broad SMARTS) is 3. The Morgan fingerprint density at radius 3 is 1.18 bits per heavy atom. The summed E-state index contributed by atoms with van der Waals surface area (Å²) in [6, 6.07) is 0. The van der Waals surface area contributed by atoms with Crippen molar-refractivity contribution in [3.63, 3.8) is 0 Å². The molecule has 0 heterocycles. The summed E-state index contributed by atoms with van der Waals surface area (Å²) in [4.78, 5) is 32.7. The molecule has 0 fully saturated rings. The van der Waals surface area contributed by atoms with Crippen LogP contribution in [0.15, 0.2) is 0 Å². The Balaban J connectivity index is 5.42. The first-order chi connectivity index (χ1) is 7.50. The topological polar surface area (TPSA) is 112 Å². The Hall–Kier alpha value is -0.791. The van der Waals surface area contributed by atoms with E-state index in [4.69, 9.17) is 15.3 Å². The fourth-order valence-corrected chi connectivity index (χ4v) is 12.4. The summed E-state index contributed by atoms with van der Waals surface area (Å²) in [5, 5.41) is 26.7. The van der Waals surface area contributed by atoms with Gasteiger partial charge in [-0.25, -0.2) is 0 Å². The van der Waals surface area contributed by atoms with Crippen LogP contribution in [0.25, 0.3) is 0 Å². The summed E-state index contributed by atoms with van der Waals surface area (Å²) in [5.41, 5.74) is 0. The Morgan fingerprint density at radius 1 is 0.824 bits per heavy atom. The minimum absolute atomic E-state index is 0.267. The molecule has 0 aromatic heterocycles. The zero-order chi connectivity index (χ0) is 13.9. The van der Waals surface area contributed by atoms with Crippen LogP contribution >= 0.6 is 0 Å². The average molecular weight is 353 g/mol. The van der Waals surface area contributed by atoms with E-state index in [1.807, 2.05) is 0 Å². The number of carboxylic acids is 3. The number of hydrogen-bond acceptors (Lipinski definition) is 3. The van der Waals surface area contributed by atoms with Gasteiger partial charge in [0, 0.05) is 0 Å². The van der Waals surface area contributed by atoms with Gasteiger partial charge in [0.15, 0.2) is 0 Å². The summed E-state index contributed by atoms with van der Waals surface area (Å²) < 4.78 is -1.33. The number of carbonyl (C=O) groups is 3. The molecule has 0 aromatic rings.